The van der Waals surface area contributed by atoms with Crippen LogP contribution in [0.5, 0.6) is 0 Å². The predicted octanol–water partition coefficient (Wildman–Crippen LogP) is 2.12. The first-order valence-electron chi connectivity index (χ1n) is 4.00. The number of ketones is 1. The van der Waals surface area contributed by atoms with Crippen molar-refractivity contribution in [1.29, 1.82) is 0 Å². The van der Waals surface area contributed by atoms with Gasteiger partial charge in [-0.15, -0.1) is 6.42 Å². The molecule has 0 saturated carbocycles. The van der Waals surface area contributed by atoms with E-state index < -0.39 is 0 Å². The number of hydrogen-bond acceptors (Lipinski definition) is 1. The molecule has 0 aromatic carbocycles. The van der Waals surface area contributed by atoms with E-state index in [-0.39, 0.29) is 17.6 Å². The van der Waals surface area contributed by atoms with Crippen molar-refractivity contribution in [2.45, 2.75) is 27.7 Å². The number of carbonyl (C=O) groups excluding carboxylic acids is 1. The molecule has 0 amide bonds. The highest BCUT2D eigenvalue weighted by Gasteiger charge is 2.20. The lowest BCUT2D eigenvalue weighted by molar-refractivity contribution is -0.125. The summed E-state index contributed by atoms with van der Waals surface area (Å²) in [5.74, 6) is 2.88. The third-order valence-electron chi connectivity index (χ3n) is 2.13. The van der Waals surface area contributed by atoms with Crippen LogP contribution in [0.15, 0.2) is 0 Å². The quantitative estimate of drug-likeness (QED) is 0.566. The molecule has 1 nitrogen and oxygen atoms in total. The van der Waals surface area contributed by atoms with E-state index in [1.807, 2.05) is 20.8 Å². The first-order chi connectivity index (χ1) is 5.00. The van der Waals surface area contributed by atoms with Gasteiger partial charge in [-0.05, 0) is 12.8 Å². The van der Waals surface area contributed by atoms with Gasteiger partial charge in [-0.3, -0.25) is 4.79 Å². The zero-order valence-electron chi connectivity index (χ0n) is 7.72. The van der Waals surface area contributed by atoms with Crippen molar-refractivity contribution in [2.75, 3.05) is 0 Å². The lowest BCUT2D eigenvalue weighted by atomic mass is 9.88. The first kappa shape index (κ1) is 10.2. The smallest absolute Gasteiger partial charge is 0.150 e. The van der Waals surface area contributed by atoms with E-state index in [2.05, 4.69) is 5.92 Å². The Balaban J connectivity index is 4.16. The van der Waals surface area contributed by atoms with E-state index in [1.165, 1.54) is 0 Å². The molecule has 0 fully saturated rings. The lowest BCUT2D eigenvalue weighted by Crippen LogP contribution is -2.22. The van der Waals surface area contributed by atoms with Gasteiger partial charge < -0.3 is 0 Å². The van der Waals surface area contributed by atoms with Crippen LogP contribution in [-0.2, 0) is 4.79 Å². The van der Waals surface area contributed by atoms with Crippen molar-refractivity contribution >= 4 is 5.78 Å². The van der Waals surface area contributed by atoms with Crippen LogP contribution in [0.1, 0.15) is 27.7 Å². The summed E-state index contributed by atoms with van der Waals surface area (Å²) in [5, 5.41) is 0. The Labute approximate surface area is 69.2 Å². The van der Waals surface area contributed by atoms with Gasteiger partial charge in [0, 0.05) is 5.92 Å². The molecule has 0 rings (SSSR count). The Kier molecular flexibility index (Phi) is 3.89. The average molecular weight is 152 g/mol. The molecule has 0 heterocycles. The van der Waals surface area contributed by atoms with Crippen LogP contribution < -0.4 is 0 Å². The molecular formula is C10H16O. The molecule has 2 atom stereocenters. The summed E-state index contributed by atoms with van der Waals surface area (Å²) in [4.78, 5) is 11.4. The van der Waals surface area contributed by atoms with E-state index in [0.717, 1.165) is 0 Å². The molecule has 0 aliphatic rings. The number of hydrogen-bond donors (Lipinski definition) is 0. The summed E-state index contributed by atoms with van der Waals surface area (Å²) in [7, 11) is 0. The highest BCUT2D eigenvalue weighted by molar-refractivity contribution is 5.85. The van der Waals surface area contributed by atoms with Crippen molar-refractivity contribution in [3.05, 3.63) is 0 Å². The summed E-state index contributed by atoms with van der Waals surface area (Å²) in [5.41, 5.74) is 0. The van der Waals surface area contributed by atoms with Gasteiger partial charge in [0.1, 0.15) is 0 Å². The minimum absolute atomic E-state index is 0.0843. The number of carbonyl (C=O) groups is 1. The van der Waals surface area contributed by atoms with Crippen LogP contribution in [0.25, 0.3) is 0 Å². The second-order valence-electron chi connectivity index (χ2n) is 3.32. The maximum absolute atomic E-state index is 11.4. The van der Waals surface area contributed by atoms with E-state index in [0.29, 0.717) is 5.92 Å². The number of Topliss-reactive ketones (excluding diaryl/α,β-unsaturated/α-hetero) is 1. The topological polar surface area (TPSA) is 17.1 Å². The van der Waals surface area contributed by atoms with Gasteiger partial charge in [0.05, 0.1) is 5.92 Å². The molecule has 0 unspecified atom stereocenters. The molecule has 0 N–H and O–H groups in total. The predicted molar refractivity (Wildman–Crippen MR) is 47.0 cm³/mol. The number of rotatable bonds is 3. The van der Waals surface area contributed by atoms with Crippen molar-refractivity contribution in [1.82, 2.24) is 0 Å². The highest BCUT2D eigenvalue weighted by Crippen LogP contribution is 2.14. The normalized spacial score (nSPS) is 15.6. The van der Waals surface area contributed by atoms with Crippen LogP contribution in [0, 0.1) is 30.1 Å². The van der Waals surface area contributed by atoms with Crippen LogP contribution in [-0.4, -0.2) is 5.78 Å². The molecule has 62 valence electrons. The molecule has 11 heavy (non-hydrogen) atoms. The average Bonchev–Trinajstić information content (AvgIpc) is 2.00. The Morgan fingerprint density at radius 3 is 2.00 bits per heavy atom. The molecular weight excluding hydrogens is 136 g/mol. The Morgan fingerprint density at radius 2 is 1.73 bits per heavy atom. The highest BCUT2D eigenvalue weighted by atomic mass is 16.1. The van der Waals surface area contributed by atoms with Gasteiger partial charge >= 0.3 is 0 Å². The van der Waals surface area contributed by atoms with Crippen LogP contribution in [0.2, 0.25) is 0 Å². The molecule has 0 aromatic rings. The van der Waals surface area contributed by atoms with Gasteiger partial charge in [-0.2, -0.15) is 0 Å². The third-order valence-corrected chi connectivity index (χ3v) is 2.13. The number of terminal acetylenes is 1. The standard InChI is InChI=1S/C10H16O/c1-6-8(4)10(11)9(5)7(2)3/h1,7-9H,2-5H3/t8-,9+/m0/s1. The summed E-state index contributed by atoms with van der Waals surface area (Å²) in [6.45, 7) is 7.78. The van der Waals surface area contributed by atoms with Gasteiger partial charge in [0.15, 0.2) is 5.78 Å². The van der Waals surface area contributed by atoms with E-state index in [4.69, 9.17) is 6.42 Å². The zero-order valence-corrected chi connectivity index (χ0v) is 7.72. The molecule has 0 saturated heterocycles. The minimum Gasteiger partial charge on any atom is -0.298 e. The second-order valence-corrected chi connectivity index (χ2v) is 3.32. The maximum atomic E-state index is 11.4. The Hall–Kier alpha value is -0.770. The zero-order chi connectivity index (χ0) is 9.02. The van der Waals surface area contributed by atoms with Gasteiger partial charge in [0.2, 0.25) is 0 Å². The van der Waals surface area contributed by atoms with Crippen molar-refractivity contribution in [2.24, 2.45) is 17.8 Å². The summed E-state index contributed by atoms with van der Waals surface area (Å²) < 4.78 is 0. The largest absolute Gasteiger partial charge is 0.298 e. The van der Waals surface area contributed by atoms with E-state index >= 15 is 0 Å². The Morgan fingerprint density at radius 1 is 1.27 bits per heavy atom. The van der Waals surface area contributed by atoms with Crippen molar-refractivity contribution < 1.29 is 4.79 Å². The van der Waals surface area contributed by atoms with Crippen LogP contribution in [0.3, 0.4) is 0 Å². The molecule has 0 spiro atoms. The second kappa shape index (κ2) is 4.18. The fraction of sp³-hybridized carbons (Fsp3) is 0.700. The summed E-state index contributed by atoms with van der Waals surface area (Å²) in [6.07, 6.45) is 5.14. The Bertz CT molecular complexity index is 174. The fourth-order valence-corrected chi connectivity index (χ4v) is 0.805. The van der Waals surface area contributed by atoms with Gasteiger partial charge in [0.25, 0.3) is 0 Å². The monoisotopic (exact) mass is 152 g/mol. The van der Waals surface area contributed by atoms with Crippen molar-refractivity contribution in [3.8, 4) is 12.3 Å². The maximum Gasteiger partial charge on any atom is 0.150 e. The SMILES string of the molecule is C#C[C@H](C)C(=O)[C@H](C)C(C)C. The van der Waals surface area contributed by atoms with Gasteiger partial charge in [-0.1, -0.05) is 26.7 Å². The summed E-state index contributed by atoms with van der Waals surface area (Å²) >= 11 is 0. The van der Waals surface area contributed by atoms with Crippen LogP contribution in [0.4, 0.5) is 0 Å². The molecule has 0 aromatic heterocycles. The molecule has 0 aliphatic heterocycles. The molecule has 0 bridgehead atoms. The molecule has 0 aliphatic carbocycles. The van der Waals surface area contributed by atoms with E-state index in [1.54, 1.807) is 6.92 Å². The molecule has 0 radical (unpaired) electrons. The van der Waals surface area contributed by atoms with Crippen molar-refractivity contribution in [3.63, 3.8) is 0 Å². The molecule has 1 heteroatoms. The van der Waals surface area contributed by atoms with E-state index in [9.17, 15) is 4.79 Å². The lowest BCUT2D eigenvalue weighted by Gasteiger charge is -2.15. The minimum atomic E-state index is -0.229. The van der Waals surface area contributed by atoms with Gasteiger partial charge in [-0.25, -0.2) is 0 Å². The summed E-state index contributed by atoms with van der Waals surface area (Å²) in [6, 6.07) is 0. The fourth-order valence-electron chi connectivity index (χ4n) is 0.805. The first-order valence-corrected chi connectivity index (χ1v) is 4.00. The van der Waals surface area contributed by atoms with Crippen LogP contribution >= 0.6 is 0 Å². The third kappa shape index (κ3) is 2.76.